The normalized spacial score (nSPS) is 11.3. The molecule has 0 spiro atoms. The van der Waals surface area contributed by atoms with Gasteiger partial charge in [0.25, 0.3) is 0 Å². The summed E-state index contributed by atoms with van der Waals surface area (Å²) in [5.41, 5.74) is 13.3. The molecule has 0 aliphatic heterocycles. The minimum Gasteiger partial charge on any atom is -0.0622 e. The molecular weight excluding hydrogens is 589 g/mol. The highest BCUT2D eigenvalue weighted by Crippen LogP contribution is 2.35. The monoisotopic (exact) mass is 624 g/mol. The van der Waals surface area contributed by atoms with Crippen LogP contribution in [0.2, 0.25) is 0 Å². The van der Waals surface area contributed by atoms with Gasteiger partial charge in [-0.25, -0.2) is 0 Å². The maximum absolute atomic E-state index is 2.35. The molecule has 0 saturated heterocycles. The number of rotatable bonds is 7. The first-order valence-electron chi connectivity index (χ1n) is 16.9. The summed E-state index contributed by atoms with van der Waals surface area (Å²) in [6.07, 6.45) is 6.93. The Balaban J connectivity index is 1.24. The third-order valence-electron chi connectivity index (χ3n) is 9.57. The van der Waals surface area contributed by atoms with Crippen LogP contribution in [0.1, 0.15) is 33.4 Å². The molecule has 0 atom stereocenters. The average Bonchev–Trinajstić information content (AvgIpc) is 3.18. The molecule has 8 aromatic carbocycles. The van der Waals surface area contributed by atoms with Crippen molar-refractivity contribution in [2.75, 3.05) is 0 Å². The first-order chi connectivity index (χ1) is 24.2. The molecule has 0 aromatic heterocycles. The Kier molecular flexibility index (Phi) is 8.28. The van der Waals surface area contributed by atoms with Crippen molar-refractivity contribution >= 4 is 45.3 Å². The fourth-order valence-electron chi connectivity index (χ4n) is 6.96. The summed E-state index contributed by atoms with van der Waals surface area (Å²) in [7, 11) is 0. The van der Waals surface area contributed by atoms with Crippen molar-refractivity contribution in [3.8, 4) is 22.3 Å². The van der Waals surface area contributed by atoms with Gasteiger partial charge in [-0.2, -0.15) is 0 Å². The van der Waals surface area contributed by atoms with Crippen LogP contribution < -0.4 is 0 Å². The molecule has 0 N–H and O–H groups in total. The summed E-state index contributed by atoms with van der Waals surface area (Å²) in [5.74, 6) is 0. The highest BCUT2D eigenvalue weighted by molar-refractivity contribution is 6.10. The first-order valence-corrected chi connectivity index (χ1v) is 16.9. The number of hydrogen-bond donors (Lipinski definition) is 0. The molecule has 0 unspecified atom stereocenters. The molecule has 0 heterocycles. The van der Waals surface area contributed by atoms with E-state index in [1.807, 2.05) is 0 Å². The van der Waals surface area contributed by atoms with E-state index in [2.05, 4.69) is 207 Å². The van der Waals surface area contributed by atoms with E-state index in [4.69, 9.17) is 0 Å². The highest BCUT2D eigenvalue weighted by atomic mass is 14.2. The van der Waals surface area contributed by atoms with Crippen LogP contribution in [0, 0.1) is 6.92 Å². The Morgan fingerprint density at radius 1 is 0.347 bits per heavy atom. The Morgan fingerprint density at radius 2 is 0.735 bits per heavy atom. The van der Waals surface area contributed by atoms with Gasteiger partial charge < -0.3 is 0 Å². The summed E-state index contributed by atoms with van der Waals surface area (Å²) >= 11 is 0. The third kappa shape index (κ3) is 6.13. The molecule has 0 fully saturated rings. The maximum atomic E-state index is 2.35. The van der Waals surface area contributed by atoms with E-state index in [-0.39, 0.29) is 0 Å². The van der Waals surface area contributed by atoms with Gasteiger partial charge in [0.05, 0.1) is 0 Å². The summed E-state index contributed by atoms with van der Waals surface area (Å²) in [6, 6.07) is 65.3. The first kappa shape index (κ1) is 30.1. The molecule has 8 aromatic rings. The minimum atomic E-state index is 1.17. The molecule has 232 valence electrons. The summed E-state index contributed by atoms with van der Waals surface area (Å²) in [5, 5.41) is 5.16. The van der Waals surface area contributed by atoms with Gasteiger partial charge in [-0.3, -0.25) is 0 Å². The molecule has 0 aliphatic rings. The fourth-order valence-corrected chi connectivity index (χ4v) is 6.96. The van der Waals surface area contributed by atoms with Crippen LogP contribution in [0.15, 0.2) is 182 Å². The highest BCUT2D eigenvalue weighted by Gasteiger charge is 2.11. The molecule has 0 radical (unpaired) electrons. The van der Waals surface area contributed by atoms with Gasteiger partial charge in [0.1, 0.15) is 0 Å². The molecule has 0 nitrogen and oxygen atoms in total. The van der Waals surface area contributed by atoms with Gasteiger partial charge in [-0.05, 0) is 95.8 Å². The van der Waals surface area contributed by atoms with Crippen molar-refractivity contribution in [3.05, 3.63) is 215 Å². The van der Waals surface area contributed by atoms with E-state index in [0.717, 1.165) is 0 Å². The molecule has 8 rings (SSSR count). The Hall–Kier alpha value is -6.24. The van der Waals surface area contributed by atoms with E-state index in [1.165, 1.54) is 82.8 Å². The van der Waals surface area contributed by atoms with Crippen LogP contribution in [0.25, 0.3) is 67.6 Å². The van der Waals surface area contributed by atoms with Crippen LogP contribution in [0.4, 0.5) is 0 Å². The fraction of sp³-hybridized carbons (Fsp3) is 0.0204. The second-order valence-electron chi connectivity index (χ2n) is 12.5. The van der Waals surface area contributed by atoms with Gasteiger partial charge in [0, 0.05) is 0 Å². The van der Waals surface area contributed by atoms with Crippen molar-refractivity contribution < 1.29 is 0 Å². The number of hydrogen-bond acceptors (Lipinski definition) is 0. The zero-order valence-electron chi connectivity index (χ0n) is 27.6. The number of aryl methyl sites for hydroxylation is 1. The summed E-state index contributed by atoms with van der Waals surface area (Å²) in [6.45, 7) is 2.23. The average molecular weight is 625 g/mol. The van der Waals surface area contributed by atoms with E-state index < -0.39 is 0 Å². The van der Waals surface area contributed by atoms with Crippen molar-refractivity contribution in [1.29, 1.82) is 0 Å². The smallest absolute Gasteiger partial charge is 0.00990 e. The lowest BCUT2D eigenvalue weighted by atomic mass is 9.90. The predicted molar refractivity (Wildman–Crippen MR) is 212 cm³/mol. The maximum Gasteiger partial charge on any atom is -0.00990 e. The second-order valence-corrected chi connectivity index (χ2v) is 12.5. The number of benzene rings is 8. The zero-order valence-corrected chi connectivity index (χ0v) is 27.6. The standard InChI is InChI=1S/C49H36/c1-35-44-20-10-12-22-46(44)48(47-23-13-11-21-45(35)47)33-32-38-18-8-9-19-43(38)34-49(41-28-24-39(25-29-41)36-14-4-2-5-15-36)42-30-26-40(27-31-42)37-16-6-3-7-17-37/h2-34H,1H3. The lowest BCUT2D eigenvalue weighted by Gasteiger charge is -2.13. The van der Waals surface area contributed by atoms with Crippen LogP contribution >= 0.6 is 0 Å². The molecule has 0 bridgehead atoms. The minimum absolute atomic E-state index is 1.17. The molecular formula is C49H36. The predicted octanol–water partition coefficient (Wildman–Crippen LogP) is 13.4. The van der Waals surface area contributed by atoms with Crippen molar-refractivity contribution in [1.82, 2.24) is 0 Å². The van der Waals surface area contributed by atoms with Crippen LogP contribution in [0.3, 0.4) is 0 Å². The molecule has 0 amide bonds. The van der Waals surface area contributed by atoms with E-state index in [1.54, 1.807) is 0 Å². The Labute approximate surface area is 289 Å². The lowest BCUT2D eigenvalue weighted by molar-refractivity contribution is 1.53. The third-order valence-corrected chi connectivity index (χ3v) is 9.57. The number of fused-ring (bicyclic) bond motifs is 2. The van der Waals surface area contributed by atoms with E-state index >= 15 is 0 Å². The van der Waals surface area contributed by atoms with Crippen LogP contribution in [-0.4, -0.2) is 0 Å². The second kappa shape index (κ2) is 13.5. The van der Waals surface area contributed by atoms with Gasteiger partial charge >= 0.3 is 0 Å². The lowest BCUT2D eigenvalue weighted by Crippen LogP contribution is -1.91. The van der Waals surface area contributed by atoms with Crippen molar-refractivity contribution in [2.45, 2.75) is 6.92 Å². The van der Waals surface area contributed by atoms with E-state index in [9.17, 15) is 0 Å². The van der Waals surface area contributed by atoms with Gasteiger partial charge in [-0.1, -0.05) is 194 Å². The van der Waals surface area contributed by atoms with Gasteiger partial charge in [-0.15, -0.1) is 0 Å². The van der Waals surface area contributed by atoms with Gasteiger partial charge in [0.2, 0.25) is 0 Å². The van der Waals surface area contributed by atoms with Gasteiger partial charge in [0.15, 0.2) is 0 Å². The largest absolute Gasteiger partial charge is 0.0622 e. The summed E-state index contributed by atoms with van der Waals surface area (Å²) in [4.78, 5) is 0. The molecule has 0 heteroatoms. The van der Waals surface area contributed by atoms with E-state index in [0.29, 0.717) is 0 Å². The summed E-state index contributed by atoms with van der Waals surface area (Å²) < 4.78 is 0. The molecule has 0 saturated carbocycles. The molecule has 49 heavy (non-hydrogen) atoms. The van der Waals surface area contributed by atoms with Crippen LogP contribution in [-0.2, 0) is 0 Å². The topological polar surface area (TPSA) is 0 Å². The quantitative estimate of drug-likeness (QED) is 0.122. The molecule has 0 aliphatic carbocycles. The SMILES string of the molecule is Cc1c2ccccc2c(C=Cc2ccccc2C=C(c2ccc(-c3ccccc3)cc2)c2ccc(-c3ccccc3)cc2)c2ccccc12. The zero-order chi connectivity index (χ0) is 33.0. The van der Waals surface area contributed by atoms with Crippen molar-refractivity contribution in [2.24, 2.45) is 0 Å². The van der Waals surface area contributed by atoms with Crippen molar-refractivity contribution in [3.63, 3.8) is 0 Å². The van der Waals surface area contributed by atoms with Crippen LogP contribution in [0.5, 0.6) is 0 Å². The Morgan fingerprint density at radius 3 is 1.22 bits per heavy atom. The Bertz CT molecular complexity index is 2300.